The van der Waals surface area contributed by atoms with Crippen LogP contribution in [0.2, 0.25) is 5.02 Å². The molecular weight excluding hydrogens is 292 g/mol. The van der Waals surface area contributed by atoms with Crippen LogP contribution >= 0.6 is 11.6 Å². The van der Waals surface area contributed by atoms with Gasteiger partial charge in [0, 0.05) is 11.6 Å². The maximum absolute atomic E-state index is 12.0. The van der Waals surface area contributed by atoms with Crippen LogP contribution in [-0.2, 0) is 4.79 Å². The highest BCUT2D eigenvalue weighted by atomic mass is 35.5. The zero-order valence-electron chi connectivity index (χ0n) is 12.1. The zero-order chi connectivity index (χ0) is 15.4. The van der Waals surface area contributed by atoms with Crippen LogP contribution in [0.25, 0.3) is 0 Å². The van der Waals surface area contributed by atoms with Crippen molar-refractivity contribution in [2.24, 2.45) is 5.92 Å². The molecule has 1 aliphatic heterocycles. The van der Waals surface area contributed by atoms with Crippen LogP contribution in [0, 0.1) is 5.92 Å². The lowest BCUT2D eigenvalue weighted by atomic mass is 10.1. The molecule has 0 radical (unpaired) electrons. The molecule has 2 rings (SSSR count). The van der Waals surface area contributed by atoms with E-state index in [2.05, 4.69) is 5.32 Å². The van der Waals surface area contributed by atoms with Crippen LogP contribution in [-0.4, -0.2) is 36.0 Å². The third kappa shape index (κ3) is 3.88. The summed E-state index contributed by atoms with van der Waals surface area (Å²) in [5.41, 5.74) is 0. The van der Waals surface area contributed by atoms with Gasteiger partial charge in [-0.2, -0.15) is 0 Å². The van der Waals surface area contributed by atoms with Gasteiger partial charge in [-0.15, -0.1) is 0 Å². The van der Waals surface area contributed by atoms with Crippen molar-refractivity contribution in [1.29, 1.82) is 0 Å². The van der Waals surface area contributed by atoms with Gasteiger partial charge in [0.15, 0.2) is 0 Å². The van der Waals surface area contributed by atoms with Crippen LogP contribution in [0.3, 0.4) is 0 Å². The fraction of sp³-hybridized carbons (Fsp3) is 0.467. The van der Waals surface area contributed by atoms with Crippen LogP contribution < -0.4 is 10.1 Å². The van der Waals surface area contributed by atoms with Crippen molar-refractivity contribution in [2.45, 2.75) is 26.3 Å². The second-order valence-electron chi connectivity index (χ2n) is 5.32. The first-order valence-electron chi connectivity index (χ1n) is 6.99. The van der Waals surface area contributed by atoms with Crippen molar-refractivity contribution in [3.63, 3.8) is 0 Å². The Bertz CT molecular complexity index is 516. The molecule has 5 nitrogen and oxygen atoms in total. The molecule has 0 saturated carbocycles. The summed E-state index contributed by atoms with van der Waals surface area (Å²) >= 11 is 5.79. The van der Waals surface area contributed by atoms with Gasteiger partial charge in [0.25, 0.3) is 5.91 Å². The van der Waals surface area contributed by atoms with Gasteiger partial charge >= 0.3 is 6.03 Å². The second-order valence-corrected chi connectivity index (χ2v) is 5.75. The van der Waals surface area contributed by atoms with Crippen LogP contribution in [0.1, 0.15) is 20.3 Å². The van der Waals surface area contributed by atoms with Crippen molar-refractivity contribution < 1.29 is 14.3 Å². The quantitative estimate of drug-likeness (QED) is 0.649. The summed E-state index contributed by atoms with van der Waals surface area (Å²) in [6, 6.07) is 6.35. The summed E-state index contributed by atoms with van der Waals surface area (Å²) in [6.07, 6.45) is 0.590. The predicted octanol–water partition coefficient (Wildman–Crippen LogP) is 2.69. The van der Waals surface area contributed by atoms with E-state index in [1.165, 1.54) is 4.90 Å². The fourth-order valence-electron chi connectivity index (χ4n) is 2.15. The Morgan fingerprint density at radius 3 is 2.52 bits per heavy atom. The third-order valence-electron chi connectivity index (χ3n) is 3.33. The standard InChI is InChI=1S/C15H19ClN2O3/c1-10(2)13-14(19)18(15(20)17-13)8-3-9-21-12-6-4-11(16)5-7-12/h4-7,10,13H,3,8-9H2,1-2H3,(H,17,20)/t13-/m1/s1. The Hall–Kier alpha value is -1.75. The molecule has 1 aromatic carbocycles. The van der Waals surface area contributed by atoms with E-state index < -0.39 is 6.04 Å². The maximum atomic E-state index is 12.0. The molecule has 1 atom stereocenters. The van der Waals surface area contributed by atoms with E-state index in [4.69, 9.17) is 16.3 Å². The molecule has 0 aliphatic carbocycles. The lowest BCUT2D eigenvalue weighted by Crippen LogP contribution is -2.35. The Balaban J connectivity index is 1.77. The summed E-state index contributed by atoms with van der Waals surface area (Å²) in [5.74, 6) is 0.662. The largest absolute Gasteiger partial charge is 0.494 e. The number of imide groups is 1. The SMILES string of the molecule is CC(C)[C@H]1NC(=O)N(CCCOc2ccc(Cl)cc2)C1=O. The monoisotopic (exact) mass is 310 g/mol. The van der Waals surface area contributed by atoms with E-state index in [-0.39, 0.29) is 17.9 Å². The van der Waals surface area contributed by atoms with Gasteiger partial charge in [-0.1, -0.05) is 25.4 Å². The number of benzene rings is 1. The number of ether oxygens (including phenoxy) is 1. The number of carbonyl (C=O) groups is 2. The molecule has 0 spiro atoms. The van der Waals surface area contributed by atoms with Gasteiger partial charge in [-0.25, -0.2) is 4.79 Å². The van der Waals surface area contributed by atoms with Gasteiger partial charge in [-0.3, -0.25) is 9.69 Å². The van der Waals surface area contributed by atoms with Crippen LogP contribution in [0.4, 0.5) is 4.79 Å². The van der Waals surface area contributed by atoms with Gasteiger partial charge in [0.2, 0.25) is 0 Å². The smallest absolute Gasteiger partial charge is 0.324 e. The minimum atomic E-state index is -0.408. The molecule has 6 heteroatoms. The minimum Gasteiger partial charge on any atom is -0.494 e. The third-order valence-corrected chi connectivity index (χ3v) is 3.58. The van der Waals surface area contributed by atoms with E-state index in [0.29, 0.717) is 24.6 Å². The molecule has 1 aliphatic rings. The molecule has 1 aromatic rings. The Morgan fingerprint density at radius 1 is 1.29 bits per heavy atom. The minimum absolute atomic E-state index is 0.0942. The molecule has 114 valence electrons. The first kappa shape index (κ1) is 15.6. The number of urea groups is 1. The lowest BCUT2D eigenvalue weighted by Gasteiger charge is -2.14. The number of hydrogen-bond acceptors (Lipinski definition) is 3. The Labute approximate surface area is 129 Å². The van der Waals surface area contributed by atoms with E-state index in [1.807, 2.05) is 13.8 Å². The summed E-state index contributed by atoms with van der Waals surface area (Å²) < 4.78 is 5.54. The van der Waals surface area contributed by atoms with Crippen molar-refractivity contribution in [3.05, 3.63) is 29.3 Å². The van der Waals surface area contributed by atoms with E-state index in [0.717, 1.165) is 5.75 Å². The highest BCUT2D eigenvalue weighted by molar-refractivity contribution is 6.30. The van der Waals surface area contributed by atoms with Crippen molar-refractivity contribution in [1.82, 2.24) is 10.2 Å². The molecular formula is C15H19ClN2O3. The first-order chi connectivity index (χ1) is 9.99. The van der Waals surface area contributed by atoms with Crippen molar-refractivity contribution in [3.8, 4) is 5.75 Å². The number of rotatable bonds is 6. The molecule has 1 fully saturated rings. The molecule has 3 amide bonds. The number of halogens is 1. The van der Waals surface area contributed by atoms with Crippen LogP contribution in [0.5, 0.6) is 5.75 Å². The zero-order valence-corrected chi connectivity index (χ0v) is 12.9. The average molecular weight is 311 g/mol. The number of nitrogens with zero attached hydrogens (tertiary/aromatic N) is 1. The second kappa shape index (κ2) is 6.80. The number of amides is 3. The summed E-state index contributed by atoms with van der Waals surface area (Å²) in [7, 11) is 0. The van der Waals surface area contributed by atoms with Gasteiger partial charge in [-0.05, 0) is 36.6 Å². The van der Waals surface area contributed by atoms with E-state index in [9.17, 15) is 9.59 Å². The molecule has 0 aromatic heterocycles. The highest BCUT2D eigenvalue weighted by Gasteiger charge is 2.38. The normalized spacial score (nSPS) is 18.3. The summed E-state index contributed by atoms with van der Waals surface area (Å²) in [6.45, 7) is 4.62. The maximum Gasteiger partial charge on any atom is 0.324 e. The summed E-state index contributed by atoms with van der Waals surface area (Å²) in [5, 5.41) is 3.35. The predicted molar refractivity (Wildman–Crippen MR) is 80.4 cm³/mol. The molecule has 1 heterocycles. The Morgan fingerprint density at radius 2 is 1.95 bits per heavy atom. The topological polar surface area (TPSA) is 58.6 Å². The molecule has 0 unspecified atom stereocenters. The number of hydrogen-bond donors (Lipinski definition) is 1. The lowest BCUT2D eigenvalue weighted by molar-refractivity contribution is -0.128. The first-order valence-corrected chi connectivity index (χ1v) is 7.37. The van der Waals surface area contributed by atoms with E-state index in [1.54, 1.807) is 24.3 Å². The highest BCUT2D eigenvalue weighted by Crippen LogP contribution is 2.16. The molecule has 0 bridgehead atoms. The van der Waals surface area contributed by atoms with Gasteiger partial charge in [0.1, 0.15) is 11.8 Å². The van der Waals surface area contributed by atoms with Gasteiger partial charge < -0.3 is 10.1 Å². The summed E-state index contributed by atoms with van der Waals surface area (Å²) in [4.78, 5) is 25.0. The van der Waals surface area contributed by atoms with Crippen molar-refractivity contribution >= 4 is 23.5 Å². The number of nitrogens with one attached hydrogen (secondary N) is 1. The van der Waals surface area contributed by atoms with Gasteiger partial charge in [0.05, 0.1) is 6.61 Å². The molecule has 21 heavy (non-hydrogen) atoms. The molecule has 1 N–H and O–H groups in total. The van der Waals surface area contributed by atoms with Crippen molar-refractivity contribution in [2.75, 3.05) is 13.2 Å². The van der Waals surface area contributed by atoms with Crippen LogP contribution in [0.15, 0.2) is 24.3 Å². The number of carbonyl (C=O) groups excluding carboxylic acids is 2. The average Bonchev–Trinajstić information content (AvgIpc) is 2.73. The molecule has 1 saturated heterocycles. The Kier molecular flexibility index (Phi) is 5.07. The van der Waals surface area contributed by atoms with E-state index >= 15 is 0 Å². The fourth-order valence-corrected chi connectivity index (χ4v) is 2.27.